The Balaban J connectivity index is 2.30. The molecule has 0 unspecified atom stereocenters. The van der Waals surface area contributed by atoms with Gasteiger partial charge in [-0.1, -0.05) is 0 Å². The number of hydrogen-bond acceptors (Lipinski definition) is 8. The summed E-state index contributed by atoms with van der Waals surface area (Å²) in [6.07, 6.45) is -0.403. The van der Waals surface area contributed by atoms with Crippen molar-refractivity contribution < 1.29 is 24.0 Å². The molecule has 12 heteroatoms. The lowest BCUT2D eigenvalue weighted by Crippen LogP contribution is -2.21. The van der Waals surface area contributed by atoms with Crippen LogP contribution in [0.5, 0.6) is 0 Å². The van der Waals surface area contributed by atoms with Crippen molar-refractivity contribution in [1.82, 2.24) is 9.78 Å². The van der Waals surface area contributed by atoms with Crippen LogP contribution in [0.2, 0.25) is 0 Å². The highest BCUT2D eigenvalue weighted by atomic mass is 32.1. The number of anilines is 1. The van der Waals surface area contributed by atoms with E-state index in [1.165, 1.54) is 13.0 Å². The van der Waals surface area contributed by atoms with Crippen LogP contribution in [-0.4, -0.2) is 38.6 Å². The molecule has 0 fully saturated rings. The number of ether oxygens (including phenoxy) is 1. The van der Waals surface area contributed by atoms with E-state index in [0.29, 0.717) is 11.3 Å². The summed E-state index contributed by atoms with van der Waals surface area (Å²) >= 11 is 0.858. The normalized spacial score (nSPS) is 10.8. The van der Waals surface area contributed by atoms with E-state index in [4.69, 9.17) is 10.5 Å². The zero-order valence-corrected chi connectivity index (χ0v) is 16.5. The van der Waals surface area contributed by atoms with Crippen molar-refractivity contribution in [2.45, 2.75) is 40.3 Å². The topological polar surface area (TPSA) is 159 Å². The van der Waals surface area contributed by atoms with E-state index in [1.54, 1.807) is 20.8 Å². The van der Waals surface area contributed by atoms with Gasteiger partial charge in [-0.2, -0.15) is 4.68 Å². The molecule has 2 rings (SSSR count). The van der Waals surface area contributed by atoms with Gasteiger partial charge in [0.1, 0.15) is 11.5 Å². The summed E-state index contributed by atoms with van der Waals surface area (Å²) in [6, 6.07) is 1.24. The van der Waals surface area contributed by atoms with Crippen LogP contribution < -0.4 is 11.1 Å². The van der Waals surface area contributed by atoms with Crippen LogP contribution in [0.3, 0.4) is 0 Å². The van der Waals surface area contributed by atoms with Crippen LogP contribution in [0.4, 0.5) is 10.8 Å². The quantitative estimate of drug-likeness (QED) is 0.400. The van der Waals surface area contributed by atoms with Crippen LogP contribution in [0, 0.1) is 24.0 Å². The lowest BCUT2D eigenvalue weighted by atomic mass is 10.1. The molecule has 11 nitrogen and oxygen atoms in total. The number of primary amides is 1. The minimum atomic E-state index is -0.736. The smallest absolute Gasteiger partial charge is 0.390 e. The van der Waals surface area contributed by atoms with Gasteiger partial charge in [-0.25, -0.2) is 4.79 Å². The second-order valence-corrected chi connectivity index (χ2v) is 7.21. The molecular formula is C16H19N5O6S. The number of carbonyl (C=O) groups excluding carboxylic acids is 3. The number of nitrogens with one attached hydrogen (secondary N) is 1. The second-order valence-electron chi connectivity index (χ2n) is 6.19. The molecule has 0 spiro atoms. The number of hydrogen-bond donors (Lipinski definition) is 2. The summed E-state index contributed by atoms with van der Waals surface area (Å²) in [7, 11) is 0. The summed E-state index contributed by atoms with van der Waals surface area (Å²) in [4.78, 5) is 46.7. The molecule has 0 aromatic carbocycles. The highest BCUT2D eigenvalue weighted by Gasteiger charge is 2.27. The molecule has 0 aliphatic carbocycles. The number of nitro groups is 1. The van der Waals surface area contributed by atoms with Crippen molar-refractivity contribution in [1.29, 1.82) is 0 Å². The lowest BCUT2D eigenvalue weighted by molar-refractivity contribution is -0.389. The van der Waals surface area contributed by atoms with E-state index < -0.39 is 28.8 Å². The molecular weight excluding hydrogens is 390 g/mol. The summed E-state index contributed by atoms with van der Waals surface area (Å²) in [5.74, 6) is -2.40. The number of nitrogens with two attached hydrogens (primary N) is 1. The Morgan fingerprint density at radius 3 is 2.54 bits per heavy atom. The van der Waals surface area contributed by atoms with Crippen molar-refractivity contribution >= 4 is 39.9 Å². The maximum absolute atomic E-state index is 12.4. The Hall–Kier alpha value is -3.28. The second kappa shape index (κ2) is 8.17. The van der Waals surface area contributed by atoms with Gasteiger partial charge in [0.2, 0.25) is 5.91 Å². The zero-order chi connectivity index (χ0) is 21.2. The molecule has 150 valence electrons. The van der Waals surface area contributed by atoms with E-state index in [-0.39, 0.29) is 27.8 Å². The van der Waals surface area contributed by atoms with Gasteiger partial charge in [0.05, 0.1) is 33.4 Å². The Labute approximate surface area is 163 Å². The SMILES string of the molecule is Cc1c(C(N)=O)sc(NC(=O)Cn2nc([N+](=O)[O-])cc2C)c1C(=O)OC(C)C. The van der Waals surface area contributed by atoms with Crippen molar-refractivity contribution in [2.75, 3.05) is 5.32 Å². The van der Waals surface area contributed by atoms with Crippen LogP contribution in [0.25, 0.3) is 0 Å². The molecule has 0 saturated carbocycles. The van der Waals surface area contributed by atoms with Crippen LogP contribution in [0.1, 0.15) is 45.1 Å². The fourth-order valence-electron chi connectivity index (χ4n) is 2.40. The summed E-state index contributed by atoms with van der Waals surface area (Å²) < 4.78 is 6.33. The Morgan fingerprint density at radius 1 is 1.39 bits per heavy atom. The first kappa shape index (κ1) is 21.0. The first-order valence-electron chi connectivity index (χ1n) is 8.14. The minimum absolute atomic E-state index is 0.0454. The van der Waals surface area contributed by atoms with Crippen LogP contribution >= 0.6 is 11.3 Å². The van der Waals surface area contributed by atoms with Crippen molar-refractivity contribution in [3.63, 3.8) is 0 Å². The number of aryl methyl sites for hydroxylation is 1. The van der Waals surface area contributed by atoms with Gasteiger partial charge >= 0.3 is 11.8 Å². The number of esters is 1. The Kier molecular flexibility index (Phi) is 6.13. The number of rotatable bonds is 7. The number of carbonyl (C=O) groups is 3. The van der Waals surface area contributed by atoms with Crippen molar-refractivity contribution in [2.24, 2.45) is 5.73 Å². The predicted molar refractivity (Wildman–Crippen MR) is 100 cm³/mol. The molecule has 3 N–H and O–H groups in total. The van der Waals surface area contributed by atoms with E-state index in [2.05, 4.69) is 10.4 Å². The molecule has 2 amide bonds. The number of aromatic nitrogens is 2. The fourth-order valence-corrected chi connectivity index (χ4v) is 3.46. The van der Waals surface area contributed by atoms with E-state index in [9.17, 15) is 24.5 Å². The van der Waals surface area contributed by atoms with Crippen LogP contribution in [0.15, 0.2) is 6.07 Å². The average molecular weight is 409 g/mol. The number of nitrogens with zero attached hydrogens (tertiary/aromatic N) is 3. The molecule has 0 atom stereocenters. The molecule has 0 bridgehead atoms. The van der Waals surface area contributed by atoms with E-state index in [1.807, 2.05) is 0 Å². The third kappa shape index (κ3) is 4.52. The standard InChI is InChI=1S/C16H19N5O6S/c1-7(2)27-16(24)12-9(4)13(14(17)23)28-15(12)18-11(22)6-20-8(3)5-10(19-20)21(25)26/h5,7H,6H2,1-4H3,(H2,17,23)(H,18,22). The molecule has 0 aliphatic rings. The predicted octanol–water partition coefficient (Wildman–Crippen LogP) is 1.77. The van der Waals surface area contributed by atoms with Crippen LogP contribution in [-0.2, 0) is 16.1 Å². The number of amides is 2. The Morgan fingerprint density at radius 2 is 2.04 bits per heavy atom. The van der Waals surface area contributed by atoms with Gasteiger partial charge in [-0.3, -0.25) is 9.59 Å². The molecule has 0 radical (unpaired) electrons. The molecule has 2 aromatic heterocycles. The lowest BCUT2D eigenvalue weighted by Gasteiger charge is -2.10. The Bertz CT molecular complexity index is 961. The minimum Gasteiger partial charge on any atom is -0.459 e. The number of thiophene rings is 1. The molecule has 2 heterocycles. The maximum atomic E-state index is 12.4. The van der Waals surface area contributed by atoms with E-state index >= 15 is 0 Å². The monoisotopic (exact) mass is 409 g/mol. The molecule has 2 aromatic rings. The third-order valence-electron chi connectivity index (χ3n) is 3.62. The van der Waals surface area contributed by atoms with Gasteiger partial charge in [0.25, 0.3) is 5.91 Å². The van der Waals surface area contributed by atoms with Gasteiger partial charge in [0, 0.05) is 0 Å². The average Bonchev–Trinajstić information content (AvgIpc) is 3.07. The first-order valence-corrected chi connectivity index (χ1v) is 8.95. The summed E-state index contributed by atoms with van der Waals surface area (Å²) in [5, 5.41) is 17.2. The molecule has 0 aliphatic heterocycles. The first-order chi connectivity index (χ1) is 13.0. The zero-order valence-electron chi connectivity index (χ0n) is 15.6. The highest BCUT2D eigenvalue weighted by Crippen LogP contribution is 2.33. The van der Waals surface area contributed by atoms with Gasteiger partial charge < -0.3 is 25.9 Å². The van der Waals surface area contributed by atoms with Crippen molar-refractivity contribution in [3.05, 3.63) is 37.9 Å². The van der Waals surface area contributed by atoms with E-state index in [0.717, 1.165) is 16.0 Å². The third-order valence-corrected chi connectivity index (χ3v) is 4.84. The summed E-state index contributed by atoms with van der Waals surface area (Å²) in [6.45, 7) is 6.12. The molecule has 28 heavy (non-hydrogen) atoms. The van der Waals surface area contributed by atoms with Gasteiger partial charge in [-0.15, -0.1) is 11.3 Å². The van der Waals surface area contributed by atoms with Gasteiger partial charge in [-0.05, 0) is 38.2 Å². The summed E-state index contributed by atoms with van der Waals surface area (Å²) in [5.41, 5.74) is 6.11. The fraction of sp³-hybridized carbons (Fsp3) is 0.375. The molecule has 0 saturated heterocycles. The van der Waals surface area contributed by atoms with Crippen molar-refractivity contribution in [3.8, 4) is 0 Å². The maximum Gasteiger partial charge on any atom is 0.390 e. The largest absolute Gasteiger partial charge is 0.459 e. The highest BCUT2D eigenvalue weighted by molar-refractivity contribution is 7.18. The van der Waals surface area contributed by atoms with Gasteiger partial charge in [0.15, 0.2) is 0 Å².